The number of aryl methyl sites for hydroxylation is 1. The highest BCUT2D eigenvalue weighted by Crippen LogP contribution is 2.33. The number of carbonyl (C=O) groups is 1. The number of nitrogens with zero attached hydrogens (tertiary/aromatic N) is 3. The van der Waals surface area contributed by atoms with Crippen LogP contribution in [0.4, 0.5) is 5.69 Å². The van der Waals surface area contributed by atoms with E-state index in [4.69, 9.17) is 5.10 Å². The van der Waals surface area contributed by atoms with Crippen molar-refractivity contribution in [3.63, 3.8) is 0 Å². The standard InChI is InChI=1S/C20H28N4O/c1-4-6-15-7-9-16(10-8-15)13-24-20-18(14(3)23-24)11-17(12-21-20)22-19(25)5-2/h5,11-12,15-16H,2,4,6-10,13H2,1,3H3,(H,22,25). The minimum atomic E-state index is -0.227. The Morgan fingerprint density at radius 2 is 2.08 bits per heavy atom. The molecule has 0 atom stereocenters. The quantitative estimate of drug-likeness (QED) is 0.789. The first-order valence-electron chi connectivity index (χ1n) is 9.37. The summed E-state index contributed by atoms with van der Waals surface area (Å²) in [7, 11) is 0. The minimum absolute atomic E-state index is 0.227. The van der Waals surface area contributed by atoms with Crippen LogP contribution in [0.25, 0.3) is 11.0 Å². The summed E-state index contributed by atoms with van der Waals surface area (Å²) < 4.78 is 2.05. The van der Waals surface area contributed by atoms with Crippen molar-refractivity contribution >= 4 is 22.6 Å². The van der Waals surface area contributed by atoms with E-state index >= 15 is 0 Å². The summed E-state index contributed by atoms with van der Waals surface area (Å²) in [5.41, 5.74) is 2.54. The molecule has 0 aromatic carbocycles. The summed E-state index contributed by atoms with van der Waals surface area (Å²) in [5.74, 6) is 1.39. The molecule has 1 saturated carbocycles. The number of rotatable bonds is 6. The van der Waals surface area contributed by atoms with Crippen molar-refractivity contribution in [1.82, 2.24) is 14.8 Å². The summed E-state index contributed by atoms with van der Waals surface area (Å²) in [5, 5.41) is 8.46. The van der Waals surface area contributed by atoms with E-state index in [9.17, 15) is 4.79 Å². The highest BCUT2D eigenvalue weighted by atomic mass is 16.1. The number of aromatic nitrogens is 3. The first-order valence-corrected chi connectivity index (χ1v) is 9.37. The number of fused-ring (bicyclic) bond motifs is 1. The second kappa shape index (κ2) is 7.81. The van der Waals surface area contributed by atoms with E-state index in [-0.39, 0.29) is 5.91 Å². The fourth-order valence-corrected chi connectivity index (χ4v) is 3.96. The molecule has 1 aliphatic rings. The predicted octanol–water partition coefficient (Wildman–Crippen LogP) is 4.47. The molecule has 1 fully saturated rings. The van der Waals surface area contributed by atoms with Crippen molar-refractivity contribution < 1.29 is 4.79 Å². The second-order valence-corrected chi connectivity index (χ2v) is 7.23. The van der Waals surface area contributed by atoms with Crippen LogP contribution in [0.3, 0.4) is 0 Å². The van der Waals surface area contributed by atoms with Crippen LogP contribution in [0.5, 0.6) is 0 Å². The first-order chi connectivity index (χ1) is 12.1. The third kappa shape index (κ3) is 4.09. The van der Waals surface area contributed by atoms with Crippen LogP contribution in [0.2, 0.25) is 0 Å². The fourth-order valence-electron chi connectivity index (χ4n) is 3.96. The highest BCUT2D eigenvalue weighted by Gasteiger charge is 2.22. The lowest BCUT2D eigenvalue weighted by atomic mass is 9.80. The van der Waals surface area contributed by atoms with Gasteiger partial charge in [0.25, 0.3) is 0 Å². The minimum Gasteiger partial charge on any atom is -0.321 e. The number of carbonyl (C=O) groups excluding carboxylic acids is 1. The molecule has 2 aromatic rings. The summed E-state index contributed by atoms with van der Waals surface area (Å²) in [6.45, 7) is 8.69. The van der Waals surface area contributed by atoms with Gasteiger partial charge in [-0.1, -0.05) is 39.2 Å². The van der Waals surface area contributed by atoms with E-state index in [2.05, 4.69) is 28.5 Å². The number of hydrogen-bond acceptors (Lipinski definition) is 3. The van der Waals surface area contributed by atoms with Crippen molar-refractivity contribution in [3.05, 3.63) is 30.6 Å². The van der Waals surface area contributed by atoms with Crippen LogP contribution in [-0.4, -0.2) is 20.7 Å². The summed E-state index contributed by atoms with van der Waals surface area (Å²) >= 11 is 0. The molecule has 2 aromatic heterocycles. The number of pyridine rings is 1. The predicted molar refractivity (Wildman–Crippen MR) is 101 cm³/mol. The molecule has 0 radical (unpaired) electrons. The monoisotopic (exact) mass is 340 g/mol. The number of amides is 1. The Balaban J connectivity index is 1.72. The number of nitrogens with one attached hydrogen (secondary N) is 1. The van der Waals surface area contributed by atoms with Gasteiger partial charge in [-0.15, -0.1) is 0 Å². The van der Waals surface area contributed by atoms with Gasteiger partial charge in [-0.05, 0) is 43.7 Å². The van der Waals surface area contributed by atoms with Gasteiger partial charge in [0.15, 0.2) is 5.65 Å². The lowest BCUT2D eigenvalue weighted by Crippen LogP contribution is -2.19. The molecule has 5 nitrogen and oxygen atoms in total. The topological polar surface area (TPSA) is 59.8 Å². The molecular weight excluding hydrogens is 312 g/mol. The maximum absolute atomic E-state index is 11.5. The summed E-state index contributed by atoms with van der Waals surface area (Å²) in [6, 6.07) is 1.95. The SMILES string of the molecule is C=CC(=O)Nc1cnc2c(c1)c(C)nn2CC1CCC(CCC)CC1. The van der Waals surface area contributed by atoms with E-state index < -0.39 is 0 Å². The van der Waals surface area contributed by atoms with Crippen LogP contribution < -0.4 is 5.32 Å². The zero-order chi connectivity index (χ0) is 17.8. The first kappa shape index (κ1) is 17.6. The molecule has 25 heavy (non-hydrogen) atoms. The van der Waals surface area contributed by atoms with Gasteiger partial charge in [0.2, 0.25) is 5.91 Å². The Labute approximate surface area is 149 Å². The van der Waals surface area contributed by atoms with Crippen LogP contribution in [0.1, 0.15) is 51.1 Å². The highest BCUT2D eigenvalue weighted by molar-refractivity contribution is 5.99. The van der Waals surface area contributed by atoms with Crippen LogP contribution >= 0.6 is 0 Å². The summed E-state index contributed by atoms with van der Waals surface area (Å²) in [6.07, 6.45) is 10.9. The van der Waals surface area contributed by atoms with Gasteiger partial charge in [0, 0.05) is 11.9 Å². The van der Waals surface area contributed by atoms with Gasteiger partial charge in [-0.3, -0.25) is 4.79 Å². The Kier molecular flexibility index (Phi) is 5.51. The molecule has 1 aliphatic carbocycles. The van der Waals surface area contributed by atoms with Crippen LogP contribution in [0, 0.1) is 18.8 Å². The van der Waals surface area contributed by atoms with Crippen LogP contribution in [0.15, 0.2) is 24.9 Å². The Morgan fingerprint density at radius 3 is 2.76 bits per heavy atom. The number of hydrogen-bond donors (Lipinski definition) is 1. The molecule has 0 bridgehead atoms. The summed E-state index contributed by atoms with van der Waals surface area (Å²) in [4.78, 5) is 16.0. The van der Waals surface area contributed by atoms with Crippen molar-refractivity contribution in [2.45, 2.75) is 58.9 Å². The largest absolute Gasteiger partial charge is 0.321 e. The molecule has 1 N–H and O–H groups in total. The second-order valence-electron chi connectivity index (χ2n) is 7.23. The molecule has 1 amide bonds. The molecule has 5 heteroatoms. The van der Waals surface area contributed by atoms with Crippen molar-refractivity contribution in [3.8, 4) is 0 Å². The molecule has 0 aliphatic heterocycles. The maximum atomic E-state index is 11.5. The lowest BCUT2D eigenvalue weighted by Gasteiger charge is -2.28. The molecule has 134 valence electrons. The van der Waals surface area contributed by atoms with E-state index in [0.29, 0.717) is 11.6 Å². The smallest absolute Gasteiger partial charge is 0.247 e. The van der Waals surface area contributed by atoms with Crippen molar-refractivity contribution in [2.75, 3.05) is 5.32 Å². The van der Waals surface area contributed by atoms with Gasteiger partial charge in [-0.25, -0.2) is 9.67 Å². The van der Waals surface area contributed by atoms with Gasteiger partial charge >= 0.3 is 0 Å². The fraction of sp³-hybridized carbons (Fsp3) is 0.550. The molecule has 3 rings (SSSR count). The van der Waals surface area contributed by atoms with Gasteiger partial charge in [-0.2, -0.15) is 5.10 Å². The normalized spacial score (nSPS) is 20.6. The molecule has 2 heterocycles. The van der Waals surface area contributed by atoms with E-state index in [1.54, 1.807) is 6.20 Å². The zero-order valence-corrected chi connectivity index (χ0v) is 15.3. The van der Waals surface area contributed by atoms with E-state index in [1.807, 2.05) is 13.0 Å². The van der Waals surface area contributed by atoms with Crippen molar-refractivity contribution in [2.24, 2.45) is 11.8 Å². The number of anilines is 1. The third-order valence-electron chi connectivity index (χ3n) is 5.32. The van der Waals surface area contributed by atoms with Gasteiger partial charge in [0.05, 0.1) is 17.6 Å². The van der Waals surface area contributed by atoms with Crippen molar-refractivity contribution in [1.29, 1.82) is 0 Å². The van der Waals surface area contributed by atoms with Gasteiger partial charge in [0.1, 0.15) is 0 Å². The van der Waals surface area contributed by atoms with E-state index in [0.717, 1.165) is 29.2 Å². The lowest BCUT2D eigenvalue weighted by molar-refractivity contribution is -0.111. The Hall–Kier alpha value is -2.17. The molecule has 0 spiro atoms. The average molecular weight is 340 g/mol. The maximum Gasteiger partial charge on any atom is 0.247 e. The van der Waals surface area contributed by atoms with Crippen LogP contribution in [-0.2, 0) is 11.3 Å². The molecule has 0 saturated heterocycles. The Morgan fingerprint density at radius 1 is 1.36 bits per heavy atom. The molecule has 0 unspecified atom stereocenters. The molecular formula is C20H28N4O. The third-order valence-corrected chi connectivity index (χ3v) is 5.32. The average Bonchev–Trinajstić information content (AvgIpc) is 2.92. The zero-order valence-electron chi connectivity index (χ0n) is 15.3. The van der Waals surface area contributed by atoms with Gasteiger partial charge < -0.3 is 5.32 Å². The Bertz CT molecular complexity index is 756. The van der Waals surface area contributed by atoms with E-state index in [1.165, 1.54) is 44.6 Å².